The van der Waals surface area contributed by atoms with Gasteiger partial charge in [0, 0.05) is 13.2 Å². The highest BCUT2D eigenvalue weighted by Crippen LogP contribution is 2.15. The third-order valence-electron chi connectivity index (χ3n) is 2.23. The highest BCUT2D eigenvalue weighted by atomic mass is 16.5. The average molecular weight is 157 g/mol. The third-order valence-corrected chi connectivity index (χ3v) is 2.23. The van der Waals surface area contributed by atoms with E-state index in [0.29, 0.717) is 0 Å². The molecule has 0 aromatic heterocycles. The van der Waals surface area contributed by atoms with Crippen LogP contribution in [0.15, 0.2) is 0 Å². The average Bonchev–Trinajstić information content (AvgIpc) is 2.07. The van der Waals surface area contributed by atoms with E-state index in [-0.39, 0.29) is 0 Å². The molecule has 1 heterocycles. The summed E-state index contributed by atoms with van der Waals surface area (Å²) >= 11 is 0. The molecule has 1 aliphatic rings. The molecule has 0 unspecified atom stereocenters. The third kappa shape index (κ3) is 3.73. The molecular formula is C9H19NO. The second kappa shape index (κ2) is 5.56. The van der Waals surface area contributed by atoms with E-state index in [1.807, 2.05) is 0 Å². The summed E-state index contributed by atoms with van der Waals surface area (Å²) in [6.45, 7) is 6.37. The fraction of sp³-hybridized carbons (Fsp3) is 1.00. The van der Waals surface area contributed by atoms with Crippen LogP contribution < -0.4 is 5.32 Å². The van der Waals surface area contributed by atoms with Crippen molar-refractivity contribution in [3.05, 3.63) is 0 Å². The highest BCUT2D eigenvalue weighted by Gasteiger charge is 2.12. The minimum atomic E-state index is 0.822. The lowest BCUT2D eigenvalue weighted by Gasteiger charge is -2.21. The van der Waals surface area contributed by atoms with Crippen LogP contribution in [0.5, 0.6) is 0 Å². The van der Waals surface area contributed by atoms with Gasteiger partial charge in [0.25, 0.3) is 0 Å². The predicted octanol–water partition coefficient (Wildman–Crippen LogP) is 1.41. The van der Waals surface area contributed by atoms with Crippen molar-refractivity contribution in [3.63, 3.8) is 0 Å². The van der Waals surface area contributed by atoms with Gasteiger partial charge in [-0.2, -0.15) is 0 Å². The lowest BCUT2D eigenvalue weighted by atomic mass is 9.99. The largest absolute Gasteiger partial charge is 0.381 e. The van der Waals surface area contributed by atoms with Gasteiger partial charge >= 0.3 is 0 Å². The van der Waals surface area contributed by atoms with Crippen LogP contribution in [0.3, 0.4) is 0 Å². The lowest BCUT2D eigenvalue weighted by Crippen LogP contribution is -2.23. The Morgan fingerprint density at radius 1 is 1.55 bits per heavy atom. The van der Waals surface area contributed by atoms with E-state index in [1.54, 1.807) is 0 Å². The van der Waals surface area contributed by atoms with Crippen LogP contribution in [0.2, 0.25) is 0 Å². The Morgan fingerprint density at radius 3 is 3.09 bits per heavy atom. The van der Waals surface area contributed by atoms with Gasteiger partial charge in [-0.15, -0.1) is 0 Å². The van der Waals surface area contributed by atoms with Gasteiger partial charge in [0.1, 0.15) is 0 Å². The molecule has 1 aliphatic heterocycles. The lowest BCUT2D eigenvalue weighted by molar-refractivity contribution is 0.0518. The number of rotatable bonds is 4. The second-order valence-corrected chi connectivity index (χ2v) is 3.23. The van der Waals surface area contributed by atoms with Gasteiger partial charge in [-0.25, -0.2) is 0 Å². The first-order valence-electron chi connectivity index (χ1n) is 4.72. The molecule has 0 radical (unpaired) electrons. The number of nitrogens with one attached hydrogen (secondary N) is 1. The highest BCUT2D eigenvalue weighted by molar-refractivity contribution is 4.63. The second-order valence-electron chi connectivity index (χ2n) is 3.23. The van der Waals surface area contributed by atoms with Crippen LogP contribution in [0.25, 0.3) is 0 Å². The smallest absolute Gasteiger partial charge is 0.0494 e. The molecule has 0 amide bonds. The SMILES string of the molecule is CCNCC[C@H]1CCCOC1. The molecule has 0 aromatic carbocycles. The van der Waals surface area contributed by atoms with E-state index >= 15 is 0 Å². The molecule has 0 spiro atoms. The molecule has 2 heteroatoms. The molecule has 66 valence electrons. The summed E-state index contributed by atoms with van der Waals surface area (Å²) in [5.41, 5.74) is 0. The van der Waals surface area contributed by atoms with Gasteiger partial charge in [-0.05, 0) is 38.3 Å². The molecular weight excluding hydrogens is 138 g/mol. The number of hydrogen-bond donors (Lipinski definition) is 1. The molecule has 1 N–H and O–H groups in total. The van der Waals surface area contributed by atoms with Crippen molar-refractivity contribution in [2.24, 2.45) is 5.92 Å². The predicted molar refractivity (Wildman–Crippen MR) is 46.7 cm³/mol. The van der Waals surface area contributed by atoms with Gasteiger partial charge in [0.05, 0.1) is 0 Å². The van der Waals surface area contributed by atoms with Crippen molar-refractivity contribution >= 4 is 0 Å². The Kier molecular flexibility index (Phi) is 4.55. The molecule has 0 bridgehead atoms. The summed E-state index contributed by atoms with van der Waals surface area (Å²) in [5.74, 6) is 0.822. The first kappa shape index (κ1) is 9.01. The van der Waals surface area contributed by atoms with Gasteiger partial charge in [-0.1, -0.05) is 6.92 Å². The molecule has 0 aromatic rings. The minimum Gasteiger partial charge on any atom is -0.381 e. The van der Waals surface area contributed by atoms with E-state index in [0.717, 1.165) is 32.2 Å². The topological polar surface area (TPSA) is 21.3 Å². The first-order valence-corrected chi connectivity index (χ1v) is 4.72. The Labute approximate surface area is 69.3 Å². The van der Waals surface area contributed by atoms with Crippen molar-refractivity contribution in [2.75, 3.05) is 26.3 Å². The van der Waals surface area contributed by atoms with Crippen molar-refractivity contribution in [3.8, 4) is 0 Å². The summed E-state index contributed by atoms with van der Waals surface area (Å²) in [5, 5.41) is 3.34. The van der Waals surface area contributed by atoms with Crippen molar-refractivity contribution in [1.82, 2.24) is 5.32 Å². The van der Waals surface area contributed by atoms with E-state index in [9.17, 15) is 0 Å². The Morgan fingerprint density at radius 2 is 2.45 bits per heavy atom. The van der Waals surface area contributed by atoms with Crippen LogP contribution in [0.4, 0.5) is 0 Å². The maximum atomic E-state index is 5.38. The molecule has 11 heavy (non-hydrogen) atoms. The normalized spacial score (nSPS) is 25.4. The summed E-state index contributed by atoms with van der Waals surface area (Å²) < 4.78 is 5.38. The zero-order chi connectivity index (χ0) is 7.94. The minimum absolute atomic E-state index is 0.822. The number of hydrogen-bond acceptors (Lipinski definition) is 2. The maximum Gasteiger partial charge on any atom is 0.0494 e. The zero-order valence-electron chi connectivity index (χ0n) is 7.44. The maximum absolute atomic E-state index is 5.38. The zero-order valence-corrected chi connectivity index (χ0v) is 7.44. The Hall–Kier alpha value is -0.0800. The van der Waals surface area contributed by atoms with Crippen LogP contribution >= 0.6 is 0 Å². The summed E-state index contributed by atoms with van der Waals surface area (Å²) in [7, 11) is 0. The quantitative estimate of drug-likeness (QED) is 0.623. The van der Waals surface area contributed by atoms with Gasteiger partial charge in [0.15, 0.2) is 0 Å². The first-order chi connectivity index (χ1) is 5.43. The molecule has 1 saturated heterocycles. The van der Waals surface area contributed by atoms with E-state index < -0.39 is 0 Å². The Bertz CT molecular complexity index is 89.6. The molecule has 2 nitrogen and oxygen atoms in total. The summed E-state index contributed by atoms with van der Waals surface area (Å²) in [6.07, 6.45) is 3.91. The summed E-state index contributed by atoms with van der Waals surface area (Å²) in [4.78, 5) is 0. The standard InChI is InChI=1S/C9H19NO/c1-2-10-6-5-9-4-3-7-11-8-9/h9-10H,2-8H2,1H3/t9-/m1/s1. The van der Waals surface area contributed by atoms with Crippen molar-refractivity contribution in [1.29, 1.82) is 0 Å². The number of ether oxygens (including phenoxy) is 1. The fourth-order valence-corrected chi connectivity index (χ4v) is 1.52. The molecule has 1 atom stereocenters. The fourth-order valence-electron chi connectivity index (χ4n) is 1.52. The van der Waals surface area contributed by atoms with Crippen LogP contribution in [-0.2, 0) is 4.74 Å². The van der Waals surface area contributed by atoms with Crippen molar-refractivity contribution < 1.29 is 4.74 Å². The van der Waals surface area contributed by atoms with Gasteiger partial charge < -0.3 is 10.1 Å². The van der Waals surface area contributed by atoms with Crippen LogP contribution in [0.1, 0.15) is 26.2 Å². The van der Waals surface area contributed by atoms with Crippen LogP contribution in [-0.4, -0.2) is 26.3 Å². The van der Waals surface area contributed by atoms with Gasteiger partial charge in [0.2, 0.25) is 0 Å². The summed E-state index contributed by atoms with van der Waals surface area (Å²) in [6, 6.07) is 0. The monoisotopic (exact) mass is 157 g/mol. The molecule has 0 saturated carbocycles. The van der Waals surface area contributed by atoms with E-state index in [1.165, 1.54) is 19.3 Å². The molecule has 0 aliphatic carbocycles. The molecule has 1 fully saturated rings. The van der Waals surface area contributed by atoms with Crippen LogP contribution in [0, 0.1) is 5.92 Å². The van der Waals surface area contributed by atoms with Crippen molar-refractivity contribution in [2.45, 2.75) is 26.2 Å². The molecule has 1 rings (SSSR count). The van der Waals surface area contributed by atoms with E-state index in [4.69, 9.17) is 4.74 Å². The Balaban J connectivity index is 1.96. The van der Waals surface area contributed by atoms with Gasteiger partial charge in [-0.3, -0.25) is 0 Å². The van der Waals surface area contributed by atoms with E-state index in [2.05, 4.69) is 12.2 Å².